The molecule has 0 bridgehead atoms. The molecule has 2 aromatic heterocycles. The van der Waals surface area contributed by atoms with Crippen LogP contribution < -0.4 is 15.6 Å². The van der Waals surface area contributed by atoms with Crippen LogP contribution in [-0.4, -0.2) is 81.2 Å². The molecule has 0 unspecified atom stereocenters. The predicted octanol–water partition coefficient (Wildman–Crippen LogP) is 3.75. The highest BCUT2D eigenvalue weighted by Crippen LogP contribution is 2.35. The van der Waals surface area contributed by atoms with E-state index in [9.17, 15) is 14.7 Å². The Morgan fingerprint density at radius 3 is 2.69 bits per heavy atom. The summed E-state index contributed by atoms with van der Waals surface area (Å²) >= 11 is 0. The summed E-state index contributed by atoms with van der Waals surface area (Å²) in [7, 11) is 2.12. The standard InChI is InChI=1S/C32H38N6O4/c1-18-5-6-27(19(2)13-18)42-17-22(39)15-34-25-7-10-33-31(40)28(25)30-35-26-14-23-24(20(3)29(26)36-30)16-38(32(23)41)21-8-11-37(4)12-9-21/h5-7,10,13-14,21-22,39H,8-9,11-12,15-17H2,1-4H3,(H,35,36)(H2,33,34,40)/t22-/m1/s1. The first-order valence-electron chi connectivity index (χ1n) is 14.6. The van der Waals surface area contributed by atoms with Gasteiger partial charge in [0.1, 0.15) is 29.8 Å². The Balaban J connectivity index is 1.21. The molecule has 0 spiro atoms. The Labute approximate surface area is 244 Å². The third kappa shape index (κ3) is 5.28. The van der Waals surface area contributed by atoms with Gasteiger partial charge in [0.15, 0.2) is 0 Å². The molecule has 2 aromatic carbocycles. The first kappa shape index (κ1) is 28.0. The van der Waals surface area contributed by atoms with Gasteiger partial charge in [-0.2, -0.15) is 0 Å². The Kier molecular flexibility index (Phi) is 7.51. The molecule has 4 heterocycles. The number of carbonyl (C=O) groups is 1. The number of aliphatic hydroxyl groups excluding tert-OH is 1. The number of nitrogens with zero attached hydrogens (tertiary/aromatic N) is 3. The molecule has 220 valence electrons. The van der Waals surface area contributed by atoms with Crippen molar-refractivity contribution in [3.05, 3.63) is 74.7 Å². The number of nitrogens with one attached hydrogen (secondary N) is 3. The number of amides is 1. The molecule has 0 aliphatic carbocycles. The van der Waals surface area contributed by atoms with E-state index < -0.39 is 6.10 Å². The Bertz CT molecular complexity index is 1700. The second-order valence-electron chi connectivity index (χ2n) is 11.7. The molecule has 2 aliphatic heterocycles. The molecule has 42 heavy (non-hydrogen) atoms. The molecule has 4 aromatic rings. The number of hydrogen-bond acceptors (Lipinski definition) is 7. The molecule has 0 radical (unpaired) electrons. The largest absolute Gasteiger partial charge is 0.491 e. The fourth-order valence-electron chi connectivity index (χ4n) is 6.16. The van der Waals surface area contributed by atoms with Gasteiger partial charge >= 0.3 is 0 Å². The molecular weight excluding hydrogens is 532 g/mol. The summed E-state index contributed by atoms with van der Waals surface area (Å²) in [4.78, 5) is 41.7. The first-order chi connectivity index (χ1) is 20.2. The van der Waals surface area contributed by atoms with E-state index in [4.69, 9.17) is 9.72 Å². The summed E-state index contributed by atoms with van der Waals surface area (Å²) in [5.41, 5.74) is 6.87. The van der Waals surface area contributed by atoms with Gasteiger partial charge in [-0.05, 0) is 88.6 Å². The molecule has 1 amide bonds. The van der Waals surface area contributed by atoms with Gasteiger partial charge in [-0.1, -0.05) is 17.7 Å². The molecule has 10 heteroatoms. The maximum absolute atomic E-state index is 13.5. The SMILES string of the molecule is Cc1ccc(OC[C@H](O)CNc2cc[nH]c(=O)c2-c2nc3c(C)c4c(cc3[nH]2)C(=O)N(C2CCN(C)CC2)C4)c(C)c1. The zero-order chi connectivity index (χ0) is 29.5. The van der Waals surface area contributed by atoms with E-state index in [0.717, 1.165) is 65.0 Å². The zero-order valence-electron chi connectivity index (χ0n) is 24.6. The van der Waals surface area contributed by atoms with Crippen molar-refractivity contribution >= 4 is 22.6 Å². The van der Waals surface area contributed by atoms with E-state index in [1.807, 2.05) is 49.9 Å². The lowest BCUT2D eigenvalue weighted by Gasteiger charge is -2.35. The van der Waals surface area contributed by atoms with E-state index in [1.54, 1.807) is 12.3 Å². The normalized spacial score (nSPS) is 16.7. The molecule has 4 N–H and O–H groups in total. The minimum Gasteiger partial charge on any atom is -0.491 e. The van der Waals surface area contributed by atoms with Gasteiger partial charge in [-0.3, -0.25) is 9.59 Å². The number of aromatic nitrogens is 3. The fraction of sp³-hybridized carbons (Fsp3) is 0.406. The van der Waals surface area contributed by atoms with Gasteiger partial charge in [-0.15, -0.1) is 0 Å². The van der Waals surface area contributed by atoms with E-state index in [0.29, 0.717) is 29.2 Å². The molecular formula is C32H38N6O4. The number of aromatic amines is 2. The van der Waals surface area contributed by atoms with E-state index in [2.05, 4.69) is 27.2 Å². The minimum absolute atomic E-state index is 0.0673. The number of likely N-dealkylation sites (tertiary alicyclic amines) is 1. The van der Waals surface area contributed by atoms with Crippen LogP contribution in [0.15, 0.2) is 41.3 Å². The number of pyridine rings is 1. The third-order valence-corrected chi connectivity index (χ3v) is 8.59. The van der Waals surface area contributed by atoms with Gasteiger partial charge in [0.05, 0.1) is 16.7 Å². The van der Waals surface area contributed by atoms with Crippen LogP contribution in [0.2, 0.25) is 0 Å². The fourth-order valence-corrected chi connectivity index (χ4v) is 6.16. The number of anilines is 1. The molecule has 6 rings (SSSR count). The second kappa shape index (κ2) is 11.3. The van der Waals surface area contributed by atoms with Crippen LogP contribution in [0.5, 0.6) is 5.75 Å². The van der Waals surface area contributed by atoms with Crippen molar-refractivity contribution in [3.8, 4) is 17.1 Å². The average Bonchev–Trinajstić information content (AvgIpc) is 3.53. The average molecular weight is 571 g/mol. The lowest BCUT2D eigenvalue weighted by Crippen LogP contribution is -2.43. The Morgan fingerprint density at radius 1 is 1.14 bits per heavy atom. The van der Waals surface area contributed by atoms with Crippen molar-refractivity contribution in [1.82, 2.24) is 24.8 Å². The van der Waals surface area contributed by atoms with Crippen molar-refractivity contribution in [3.63, 3.8) is 0 Å². The molecule has 1 fully saturated rings. The molecule has 10 nitrogen and oxygen atoms in total. The number of piperidine rings is 1. The number of imidazole rings is 1. The number of benzene rings is 2. The lowest BCUT2D eigenvalue weighted by atomic mass is 10.0. The summed E-state index contributed by atoms with van der Waals surface area (Å²) in [5, 5.41) is 13.8. The van der Waals surface area contributed by atoms with Crippen molar-refractivity contribution in [2.75, 3.05) is 38.6 Å². The first-order valence-corrected chi connectivity index (χ1v) is 14.6. The van der Waals surface area contributed by atoms with Gasteiger partial charge < -0.3 is 34.9 Å². The van der Waals surface area contributed by atoms with E-state index >= 15 is 0 Å². The number of ether oxygens (including phenoxy) is 1. The quantitative estimate of drug-likeness (QED) is 0.254. The summed E-state index contributed by atoms with van der Waals surface area (Å²) in [6, 6.07) is 9.79. The van der Waals surface area contributed by atoms with Crippen molar-refractivity contribution < 1.29 is 14.6 Å². The Hall–Kier alpha value is -4.15. The lowest BCUT2D eigenvalue weighted by molar-refractivity contribution is 0.0617. The summed E-state index contributed by atoms with van der Waals surface area (Å²) in [6.45, 7) is 8.85. The highest BCUT2D eigenvalue weighted by molar-refractivity contribution is 6.03. The number of H-pyrrole nitrogens is 2. The maximum Gasteiger partial charge on any atom is 0.261 e. The van der Waals surface area contributed by atoms with Crippen LogP contribution in [0.25, 0.3) is 22.4 Å². The van der Waals surface area contributed by atoms with Gasteiger partial charge in [-0.25, -0.2) is 4.98 Å². The van der Waals surface area contributed by atoms with E-state index in [-0.39, 0.29) is 30.7 Å². The summed E-state index contributed by atoms with van der Waals surface area (Å²) < 4.78 is 5.82. The Morgan fingerprint density at radius 2 is 1.93 bits per heavy atom. The third-order valence-electron chi connectivity index (χ3n) is 8.59. The van der Waals surface area contributed by atoms with Gasteiger partial charge in [0.25, 0.3) is 11.5 Å². The smallest absolute Gasteiger partial charge is 0.261 e. The van der Waals surface area contributed by atoms with Crippen LogP contribution in [0.1, 0.15) is 45.5 Å². The van der Waals surface area contributed by atoms with Crippen LogP contribution in [-0.2, 0) is 6.54 Å². The minimum atomic E-state index is -0.808. The number of carbonyl (C=O) groups excluding carboxylic acids is 1. The van der Waals surface area contributed by atoms with Crippen LogP contribution in [0.4, 0.5) is 5.69 Å². The van der Waals surface area contributed by atoms with Gasteiger partial charge in [0.2, 0.25) is 0 Å². The number of aliphatic hydroxyl groups is 1. The molecule has 2 aliphatic rings. The number of hydrogen-bond donors (Lipinski definition) is 4. The number of aryl methyl sites for hydroxylation is 3. The number of fused-ring (bicyclic) bond motifs is 2. The van der Waals surface area contributed by atoms with Crippen molar-refractivity contribution in [1.29, 1.82) is 0 Å². The number of rotatable bonds is 8. The van der Waals surface area contributed by atoms with Crippen molar-refractivity contribution in [2.45, 2.75) is 52.3 Å². The van der Waals surface area contributed by atoms with Crippen LogP contribution >= 0.6 is 0 Å². The summed E-state index contributed by atoms with van der Waals surface area (Å²) in [6.07, 6.45) is 2.71. The maximum atomic E-state index is 13.5. The van der Waals surface area contributed by atoms with Crippen molar-refractivity contribution in [2.24, 2.45) is 0 Å². The predicted molar refractivity (Wildman–Crippen MR) is 163 cm³/mol. The van der Waals surface area contributed by atoms with Crippen LogP contribution in [0.3, 0.4) is 0 Å². The second-order valence-corrected chi connectivity index (χ2v) is 11.7. The topological polar surface area (TPSA) is 127 Å². The zero-order valence-corrected chi connectivity index (χ0v) is 24.6. The van der Waals surface area contributed by atoms with E-state index in [1.165, 1.54) is 0 Å². The van der Waals surface area contributed by atoms with Crippen LogP contribution in [0, 0.1) is 20.8 Å². The summed E-state index contributed by atoms with van der Waals surface area (Å²) in [5.74, 6) is 1.20. The monoisotopic (exact) mass is 570 g/mol. The molecule has 0 saturated carbocycles. The van der Waals surface area contributed by atoms with Gasteiger partial charge in [0, 0.05) is 30.9 Å². The molecule has 1 atom stereocenters. The highest BCUT2D eigenvalue weighted by atomic mass is 16.5. The molecule has 1 saturated heterocycles. The highest BCUT2D eigenvalue weighted by Gasteiger charge is 2.36.